The highest BCUT2D eigenvalue weighted by Gasteiger charge is 2.26. The Hall–Kier alpha value is -2.12. The van der Waals surface area contributed by atoms with Gasteiger partial charge >= 0.3 is 0 Å². The van der Waals surface area contributed by atoms with Crippen molar-refractivity contribution in [3.05, 3.63) is 47.9 Å². The molecule has 1 N–H and O–H groups in total. The quantitative estimate of drug-likeness (QED) is 0.772. The summed E-state index contributed by atoms with van der Waals surface area (Å²) < 4.78 is 6.06. The molecule has 1 aliphatic heterocycles. The highest BCUT2D eigenvalue weighted by atomic mass is 32.1. The van der Waals surface area contributed by atoms with Crippen LogP contribution in [0.15, 0.2) is 36.5 Å². The van der Waals surface area contributed by atoms with Gasteiger partial charge < -0.3 is 9.88 Å². The van der Waals surface area contributed by atoms with Gasteiger partial charge in [0.1, 0.15) is 4.88 Å². The Morgan fingerprint density at radius 1 is 1.20 bits per heavy atom. The van der Waals surface area contributed by atoms with E-state index in [4.69, 9.17) is 0 Å². The Bertz CT molecular complexity index is 706. The SMILES string of the molecule is c1ccc(C2NCCn3c(-c4cnns4)nnc32)cc1. The van der Waals surface area contributed by atoms with E-state index in [1.807, 2.05) is 18.2 Å². The lowest BCUT2D eigenvalue weighted by atomic mass is 10.1. The molecule has 1 atom stereocenters. The van der Waals surface area contributed by atoms with Crippen LogP contribution in [0, 0.1) is 0 Å². The number of nitrogens with one attached hydrogen (secondary N) is 1. The molecule has 0 aliphatic carbocycles. The fraction of sp³-hybridized carbons (Fsp3) is 0.231. The third-order valence-electron chi connectivity index (χ3n) is 3.44. The van der Waals surface area contributed by atoms with Crippen LogP contribution in [0.3, 0.4) is 0 Å². The first-order valence-corrected chi connectivity index (χ1v) is 7.20. The van der Waals surface area contributed by atoms with Gasteiger partial charge in [-0.2, -0.15) is 0 Å². The van der Waals surface area contributed by atoms with E-state index in [0.717, 1.165) is 29.6 Å². The molecule has 7 heteroatoms. The number of rotatable bonds is 2. The molecule has 20 heavy (non-hydrogen) atoms. The van der Waals surface area contributed by atoms with E-state index in [1.54, 1.807) is 6.20 Å². The number of hydrogen-bond donors (Lipinski definition) is 1. The number of nitrogens with zero attached hydrogens (tertiary/aromatic N) is 5. The smallest absolute Gasteiger partial charge is 0.177 e. The van der Waals surface area contributed by atoms with Crippen LogP contribution in [0.5, 0.6) is 0 Å². The van der Waals surface area contributed by atoms with Gasteiger partial charge in [0.2, 0.25) is 0 Å². The number of aromatic nitrogens is 5. The van der Waals surface area contributed by atoms with Crippen molar-refractivity contribution in [2.45, 2.75) is 12.6 Å². The van der Waals surface area contributed by atoms with Gasteiger partial charge in [-0.3, -0.25) is 0 Å². The Labute approximate surface area is 119 Å². The number of hydrogen-bond acceptors (Lipinski definition) is 6. The second-order valence-electron chi connectivity index (χ2n) is 4.61. The van der Waals surface area contributed by atoms with Gasteiger partial charge in [0, 0.05) is 13.1 Å². The molecule has 1 unspecified atom stereocenters. The van der Waals surface area contributed by atoms with Crippen molar-refractivity contribution < 1.29 is 0 Å². The minimum absolute atomic E-state index is 0.0899. The maximum Gasteiger partial charge on any atom is 0.177 e. The van der Waals surface area contributed by atoms with Crippen LogP contribution in [0.4, 0.5) is 0 Å². The molecule has 2 aromatic heterocycles. The molecular weight excluding hydrogens is 272 g/mol. The van der Waals surface area contributed by atoms with E-state index in [0.29, 0.717) is 0 Å². The molecule has 3 aromatic rings. The standard InChI is InChI=1S/C13H12N6S/c1-2-4-9(5-3-1)11-13-17-16-12(10-8-15-18-20-10)19(13)7-6-14-11/h1-5,8,11,14H,6-7H2. The molecule has 0 saturated heterocycles. The van der Waals surface area contributed by atoms with Gasteiger partial charge in [-0.25, -0.2) is 0 Å². The van der Waals surface area contributed by atoms with Crippen molar-refractivity contribution in [1.29, 1.82) is 0 Å². The van der Waals surface area contributed by atoms with Crippen LogP contribution in [0.2, 0.25) is 0 Å². The number of benzene rings is 1. The maximum absolute atomic E-state index is 4.37. The van der Waals surface area contributed by atoms with Crippen molar-refractivity contribution in [3.63, 3.8) is 0 Å². The van der Waals surface area contributed by atoms with Crippen LogP contribution in [-0.2, 0) is 6.54 Å². The lowest BCUT2D eigenvalue weighted by Gasteiger charge is -2.25. The molecule has 0 spiro atoms. The molecule has 0 bridgehead atoms. The molecule has 1 aromatic carbocycles. The van der Waals surface area contributed by atoms with E-state index in [2.05, 4.69) is 41.8 Å². The topological polar surface area (TPSA) is 68.5 Å². The fourth-order valence-electron chi connectivity index (χ4n) is 2.52. The van der Waals surface area contributed by atoms with E-state index in [-0.39, 0.29) is 6.04 Å². The second-order valence-corrected chi connectivity index (χ2v) is 5.40. The summed E-state index contributed by atoms with van der Waals surface area (Å²) in [6.07, 6.45) is 1.74. The molecule has 3 heterocycles. The summed E-state index contributed by atoms with van der Waals surface area (Å²) in [7, 11) is 0. The molecule has 0 fully saturated rings. The molecule has 100 valence electrons. The predicted octanol–water partition coefficient (Wildman–Crippen LogP) is 1.49. The molecule has 0 saturated carbocycles. The van der Waals surface area contributed by atoms with E-state index >= 15 is 0 Å². The van der Waals surface area contributed by atoms with Crippen LogP contribution in [0.25, 0.3) is 10.7 Å². The van der Waals surface area contributed by atoms with Crippen molar-refractivity contribution >= 4 is 11.5 Å². The summed E-state index contributed by atoms with van der Waals surface area (Å²) >= 11 is 1.35. The first-order valence-electron chi connectivity index (χ1n) is 6.42. The van der Waals surface area contributed by atoms with Crippen molar-refractivity contribution in [2.24, 2.45) is 0 Å². The monoisotopic (exact) mass is 284 g/mol. The molecule has 0 radical (unpaired) electrons. The zero-order valence-electron chi connectivity index (χ0n) is 10.6. The molecule has 6 nitrogen and oxygen atoms in total. The minimum atomic E-state index is 0.0899. The van der Waals surface area contributed by atoms with Crippen molar-refractivity contribution in [3.8, 4) is 10.7 Å². The third-order valence-corrected chi connectivity index (χ3v) is 4.10. The third kappa shape index (κ3) is 1.83. The second kappa shape index (κ2) is 4.77. The summed E-state index contributed by atoms with van der Waals surface area (Å²) in [6.45, 7) is 1.75. The van der Waals surface area contributed by atoms with Gasteiger partial charge in [0.15, 0.2) is 11.6 Å². The zero-order valence-corrected chi connectivity index (χ0v) is 11.4. The average Bonchev–Trinajstić information content (AvgIpc) is 3.16. The lowest BCUT2D eigenvalue weighted by Crippen LogP contribution is -2.34. The maximum atomic E-state index is 4.37. The molecule has 4 rings (SSSR count). The first kappa shape index (κ1) is 11.7. The first-order chi connectivity index (χ1) is 9.93. The largest absolute Gasteiger partial charge is 0.307 e. The highest BCUT2D eigenvalue weighted by Crippen LogP contribution is 2.28. The lowest BCUT2D eigenvalue weighted by molar-refractivity contribution is 0.458. The van der Waals surface area contributed by atoms with Crippen LogP contribution >= 0.6 is 11.5 Å². The molecule has 0 amide bonds. The van der Waals surface area contributed by atoms with Gasteiger partial charge in [-0.1, -0.05) is 34.8 Å². The summed E-state index contributed by atoms with van der Waals surface area (Å²) in [5.74, 6) is 1.81. The van der Waals surface area contributed by atoms with Gasteiger partial charge in [0.25, 0.3) is 0 Å². The zero-order chi connectivity index (χ0) is 13.4. The summed E-state index contributed by atoms with van der Waals surface area (Å²) in [4.78, 5) is 0.956. The Kier molecular flexibility index (Phi) is 2.79. The average molecular weight is 284 g/mol. The molecular formula is C13H12N6S. The number of fused-ring (bicyclic) bond motifs is 1. The van der Waals surface area contributed by atoms with Gasteiger partial charge in [-0.15, -0.1) is 15.3 Å². The normalized spacial score (nSPS) is 17.9. The van der Waals surface area contributed by atoms with Gasteiger partial charge in [0.05, 0.1) is 12.2 Å². The van der Waals surface area contributed by atoms with Crippen molar-refractivity contribution in [1.82, 2.24) is 29.7 Å². The molecule has 1 aliphatic rings. The summed E-state index contributed by atoms with van der Waals surface area (Å²) in [6, 6.07) is 10.4. The summed E-state index contributed by atoms with van der Waals surface area (Å²) in [5, 5.41) is 16.1. The Morgan fingerprint density at radius 2 is 2.10 bits per heavy atom. The Morgan fingerprint density at radius 3 is 2.90 bits per heavy atom. The fourth-order valence-corrected chi connectivity index (χ4v) is 3.03. The van der Waals surface area contributed by atoms with Crippen LogP contribution in [0.1, 0.15) is 17.4 Å². The predicted molar refractivity (Wildman–Crippen MR) is 75.2 cm³/mol. The van der Waals surface area contributed by atoms with Crippen LogP contribution in [-0.4, -0.2) is 30.9 Å². The summed E-state index contributed by atoms with van der Waals surface area (Å²) in [5.41, 5.74) is 1.20. The van der Waals surface area contributed by atoms with E-state index in [1.165, 1.54) is 17.1 Å². The minimum Gasteiger partial charge on any atom is -0.307 e. The van der Waals surface area contributed by atoms with Gasteiger partial charge in [-0.05, 0) is 17.1 Å². The van der Waals surface area contributed by atoms with Crippen molar-refractivity contribution in [2.75, 3.05) is 6.54 Å². The van der Waals surface area contributed by atoms with E-state index < -0.39 is 0 Å². The van der Waals surface area contributed by atoms with Crippen LogP contribution < -0.4 is 5.32 Å². The Balaban J connectivity index is 1.80. The van der Waals surface area contributed by atoms with E-state index in [9.17, 15) is 0 Å². The highest BCUT2D eigenvalue weighted by molar-refractivity contribution is 7.09.